The number of hydrogen-bond acceptors (Lipinski definition) is 2. The molecule has 0 heterocycles. The van der Waals surface area contributed by atoms with Gasteiger partial charge < -0.3 is 10.1 Å². The molecule has 0 spiro atoms. The van der Waals surface area contributed by atoms with Gasteiger partial charge in [0.2, 0.25) is 0 Å². The van der Waals surface area contributed by atoms with Crippen LogP contribution in [0.1, 0.15) is 37.8 Å². The molecule has 0 aliphatic heterocycles. The summed E-state index contributed by atoms with van der Waals surface area (Å²) in [4.78, 5) is 0. The quantitative estimate of drug-likeness (QED) is 0.815. The molecule has 1 aromatic carbocycles. The van der Waals surface area contributed by atoms with E-state index < -0.39 is 0 Å². The largest absolute Gasteiger partial charge is 0.378 e. The molecule has 2 nitrogen and oxygen atoms in total. The fraction of sp³-hybridized carbons (Fsp3) is 0.600. The van der Waals surface area contributed by atoms with Crippen LogP contribution >= 0.6 is 0 Å². The molecular weight excluding hydrogens is 210 g/mol. The molecular formula is C15H23NO. The Labute approximate surface area is 104 Å². The van der Waals surface area contributed by atoms with E-state index in [9.17, 15) is 0 Å². The van der Waals surface area contributed by atoms with Gasteiger partial charge >= 0.3 is 0 Å². The molecule has 1 saturated carbocycles. The maximum absolute atomic E-state index is 5.55. The average Bonchev–Trinajstić information content (AvgIpc) is 2.32. The molecule has 2 heteroatoms. The average molecular weight is 233 g/mol. The first kappa shape index (κ1) is 12.6. The fourth-order valence-corrected chi connectivity index (χ4v) is 2.26. The van der Waals surface area contributed by atoms with E-state index in [-0.39, 0.29) is 0 Å². The van der Waals surface area contributed by atoms with E-state index in [1.54, 1.807) is 0 Å². The topological polar surface area (TPSA) is 21.3 Å². The first-order chi connectivity index (χ1) is 8.31. The minimum absolute atomic E-state index is 0.500. The van der Waals surface area contributed by atoms with Gasteiger partial charge in [-0.3, -0.25) is 0 Å². The van der Waals surface area contributed by atoms with Crippen molar-refractivity contribution in [1.82, 2.24) is 5.32 Å². The summed E-state index contributed by atoms with van der Waals surface area (Å²) in [6.45, 7) is 6.08. The smallest absolute Gasteiger partial charge is 0.0604 e. The van der Waals surface area contributed by atoms with Gasteiger partial charge in [0.05, 0.1) is 6.10 Å². The van der Waals surface area contributed by atoms with Crippen LogP contribution in [0, 0.1) is 0 Å². The van der Waals surface area contributed by atoms with Crippen LogP contribution in [-0.4, -0.2) is 18.8 Å². The van der Waals surface area contributed by atoms with E-state index in [1.165, 1.54) is 24.0 Å². The fourth-order valence-electron chi connectivity index (χ4n) is 2.26. The van der Waals surface area contributed by atoms with Crippen molar-refractivity contribution in [3.63, 3.8) is 0 Å². The maximum Gasteiger partial charge on any atom is 0.0604 e. The summed E-state index contributed by atoms with van der Waals surface area (Å²) < 4.78 is 5.55. The SMILES string of the molecule is CCOC1CC(NCc2ccc(CC)cc2)C1. The lowest BCUT2D eigenvalue weighted by molar-refractivity contribution is -0.0102. The van der Waals surface area contributed by atoms with Crippen molar-refractivity contribution in [2.75, 3.05) is 6.61 Å². The van der Waals surface area contributed by atoms with Crippen LogP contribution in [-0.2, 0) is 17.7 Å². The molecule has 0 saturated heterocycles. The van der Waals surface area contributed by atoms with Gasteiger partial charge in [0.25, 0.3) is 0 Å². The highest BCUT2D eigenvalue weighted by Crippen LogP contribution is 2.23. The molecule has 0 bridgehead atoms. The summed E-state index contributed by atoms with van der Waals surface area (Å²) in [5.41, 5.74) is 2.79. The Morgan fingerprint density at radius 1 is 1.12 bits per heavy atom. The highest BCUT2D eigenvalue weighted by molar-refractivity contribution is 5.22. The summed E-state index contributed by atoms with van der Waals surface area (Å²) in [6.07, 6.45) is 3.95. The van der Waals surface area contributed by atoms with Crippen LogP contribution < -0.4 is 5.32 Å². The van der Waals surface area contributed by atoms with Gasteiger partial charge in [0, 0.05) is 19.2 Å². The summed E-state index contributed by atoms with van der Waals surface area (Å²) in [6, 6.07) is 9.55. The third-order valence-corrected chi connectivity index (χ3v) is 3.52. The van der Waals surface area contributed by atoms with Crippen molar-refractivity contribution in [2.45, 2.75) is 51.8 Å². The zero-order valence-electron chi connectivity index (χ0n) is 10.9. The lowest BCUT2D eigenvalue weighted by Gasteiger charge is -2.35. The van der Waals surface area contributed by atoms with Gasteiger partial charge in [0.1, 0.15) is 0 Å². The second kappa shape index (κ2) is 6.18. The molecule has 0 unspecified atom stereocenters. The van der Waals surface area contributed by atoms with Crippen molar-refractivity contribution in [1.29, 1.82) is 0 Å². The van der Waals surface area contributed by atoms with E-state index in [1.807, 2.05) is 0 Å². The Bertz CT molecular complexity index is 327. The molecule has 0 radical (unpaired) electrons. The number of rotatable bonds is 6. The Morgan fingerprint density at radius 3 is 2.35 bits per heavy atom. The van der Waals surface area contributed by atoms with Gasteiger partial charge in [-0.25, -0.2) is 0 Å². The molecule has 1 aliphatic carbocycles. The number of hydrogen-bond donors (Lipinski definition) is 1. The van der Waals surface area contributed by atoms with Crippen molar-refractivity contribution >= 4 is 0 Å². The van der Waals surface area contributed by atoms with Gasteiger partial charge in [0.15, 0.2) is 0 Å². The number of nitrogens with one attached hydrogen (secondary N) is 1. The number of ether oxygens (including phenoxy) is 1. The van der Waals surface area contributed by atoms with Crippen LogP contribution in [0.25, 0.3) is 0 Å². The molecule has 1 aliphatic rings. The van der Waals surface area contributed by atoms with Crippen molar-refractivity contribution in [3.05, 3.63) is 35.4 Å². The van der Waals surface area contributed by atoms with E-state index in [0.29, 0.717) is 12.1 Å². The molecule has 0 aromatic heterocycles. The Morgan fingerprint density at radius 2 is 1.76 bits per heavy atom. The highest BCUT2D eigenvalue weighted by atomic mass is 16.5. The maximum atomic E-state index is 5.55. The van der Waals surface area contributed by atoms with E-state index in [0.717, 1.165) is 19.6 Å². The highest BCUT2D eigenvalue weighted by Gasteiger charge is 2.28. The molecule has 94 valence electrons. The zero-order valence-corrected chi connectivity index (χ0v) is 10.9. The lowest BCUT2D eigenvalue weighted by atomic mass is 9.89. The third kappa shape index (κ3) is 3.55. The molecule has 0 atom stereocenters. The summed E-state index contributed by atoms with van der Waals surface area (Å²) >= 11 is 0. The lowest BCUT2D eigenvalue weighted by Crippen LogP contribution is -2.45. The molecule has 1 aromatic rings. The number of aryl methyl sites for hydroxylation is 1. The Hall–Kier alpha value is -0.860. The third-order valence-electron chi connectivity index (χ3n) is 3.52. The van der Waals surface area contributed by atoms with Crippen LogP contribution in [0.15, 0.2) is 24.3 Å². The molecule has 1 N–H and O–H groups in total. The molecule has 0 amide bonds. The normalized spacial score (nSPS) is 23.4. The van der Waals surface area contributed by atoms with E-state index in [4.69, 9.17) is 4.74 Å². The minimum atomic E-state index is 0.500. The summed E-state index contributed by atoms with van der Waals surface area (Å²) in [7, 11) is 0. The predicted molar refractivity (Wildman–Crippen MR) is 71.1 cm³/mol. The monoisotopic (exact) mass is 233 g/mol. The zero-order chi connectivity index (χ0) is 12.1. The van der Waals surface area contributed by atoms with Gasteiger partial charge in [-0.2, -0.15) is 0 Å². The first-order valence-corrected chi connectivity index (χ1v) is 6.74. The van der Waals surface area contributed by atoms with Crippen LogP contribution in [0.2, 0.25) is 0 Å². The predicted octanol–water partition coefficient (Wildman–Crippen LogP) is 2.91. The molecule has 17 heavy (non-hydrogen) atoms. The van der Waals surface area contributed by atoms with Crippen molar-refractivity contribution in [2.24, 2.45) is 0 Å². The van der Waals surface area contributed by atoms with Gasteiger partial charge in [-0.05, 0) is 37.3 Å². The molecule has 1 fully saturated rings. The summed E-state index contributed by atoms with van der Waals surface area (Å²) in [5, 5.41) is 3.58. The standard InChI is InChI=1S/C15H23NO/c1-3-12-5-7-13(8-6-12)11-16-14-9-15(10-14)17-4-2/h5-8,14-16H,3-4,9-11H2,1-2H3. The van der Waals surface area contributed by atoms with Crippen LogP contribution in [0.3, 0.4) is 0 Å². The number of benzene rings is 1. The Kier molecular flexibility index (Phi) is 4.57. The minimum Gasteiger partial charge on any atom is -0.378 e. The first-order valence-electron chi connectivity index (χ1n) is 6.74. The second-order valence-corrected chi connectivity index (χ2v) is 4.80. The van der Waals surface area contributed by atoms with E-state index >= 15 is 0 Å². The van der Waals surface area contributed by atoms with Gasteiger partial charge in [-0.1, -0.05) is 31.2 Å². The summed E-state index contributed by atoms with van der Waals surface area (Å²) in [5.74, 6) is 0. The molecule has 2 rings (SSSR count). The van der Waals surface area contributed by atoms with Crippen LogP contribution in [0.4, 0.5) is 0 Å². The second-order valence-electron chi connectivity index (χ2n) is 4.80. The Balaban J connectivity index is 1.68. The van der Waals surface area contributed by atoms with Crippen molar-refractivity contribution in [3.8, 4) is 0 Å². The van der Waals surface area contributed by atoms with E-state index in [2.05, 4.69) is 43.4 Å². The van der Waals surface area contributed by atoms with Crippen LogP contribution in [0.5, 0.6) is 0 Å². The van der Waals surface area contributed by atoms with Crippen molar-refractivity contribution < 1.29 is 4.74 Å². The van der Waals surface area contributed by atoms with Gasteiger partial charge in [-0.15, -0.1) is 0 Å².